The van der Waals surface area contributed by atoms with Gasteiger partial charge in [0.1, 0.15) is 11.5 Å². The van der Waals surface area contributed by atoms with Gasteiger partial charge in [-0.05, 0) is 24.3 Å². The Hall–Kier alpha value is -1.75. The average molecular weight is 235 g/mol. The van der Waals surface area contributed by atoms with Crippen molar-refractivity contribution in [2.24, 2.45) is 0 Å². The highest BCUT2D eigenvalue weighted by molar-refractivity contribution is 7.98. The summed E-state index contributed by atoms with van der Waals surface area (Å²) in [5.74, 6) is 0.580. The molecule has 2 aromatic rings. The smallest absolute Gasteiger partial charge is 0.354 e. The summed E-state index contributed by atoms with van der Waals surface area (Å²) in [7, 11) is 0. The van der Waals surface area contributed by atoms with Crippen LogP contribution in [0.2, 0.25) is 0 Å². The third kappa shape index (κ3) is 2.64. The third-order valence-electron chi connectivity index (χ3n) is 1.92. The molecule has 16 heavy (non-hydrogen) atoms. The van der Waals surface area contributed by atoms with Gasteiger partial charge in [-0.2, -0.15) is 0 Å². The first-order valence-electron chi connectivity index (χ1n) is 4.60. The molecular weight excluding hydrogens is 226 g/mol. The predicted octanol–water partition coefficient (Wildman–Crippen LogP) is 2.67. The highest BCUT2D eigenvalue weighted by atomic mass is 32.2. The van der Waals surface area contributed by atoms with Crippen LogP contribution >= 0.6 is 11.8 Å². The summed E-state index contributed by atoms with van der Waals surface area (Å²) in [4.78, 5) is 15.3. The third-order valence-corrected chi connectivity index (χ3v) is 2.92. The van der Waals surface area contributed by atoms with E-state index < -0.39 is 5.97 Å². The molecule has 0 radical (unpaired) electrons. The molecule has 0 aliphatic carbocycles. The van der Waals surface area contributed by atoms with Crippen molar-refractivity contribution >= 4 is 17.7 Å². The Morgan fingerprint density at radius 1 is 1.44 bits per heavy atom. The Bertz CT molecular complexity index is 464. The summed E-state index contributed by atoms with van der Waals surface area (Å²) in [6, 6.07) is 6.96. The molecular formula is C11H9NO3S. The van der Waals surface area contributed by atoms with Crippen LogP contribution in [0.15, 0.2) is 46.0 Å². The maximum Gasteiger partial charge on any atom is 0.354 e. The molecule has 2 rings (SSSR count). The van der Waals surface area contributed by atoms with Gasteiger partial charge in [-0.25, -0.2) is 9.78 Å². The fourth-order valence-electron chi connectivity index (χ4n) is 1.14. The first-order chi connectivity index (χ1) is 7.75. The van der Waals surface area contributed by atoms with Gasteiger partial charge in [0.05, 0.1) is 12.0 Å². The molecule has 0 amide bonds. The Kier molecular flexibility index (Phi) is 3.26. The van der Waals surface area contributed by atoms with E-state index >= 15 is 0 Å². The number of carboxylic acids is 1. The first-order valence-corrected chi connectivity index (χ1v) is 5.59. The number of furan rings is 1. The first kappa shape index (κ1) is 10.8. The lowest BCUT2D eigenvalue weighted by Gasteiger charge is -1.99. The van der Waals surface area contributed by atoms with Crippen LogP contribution in [0.4, 0.5) is 0 Å². The standard InChI is InChI=1S/C11H9NO3S/c13-11(14)10-4-3-9(6-12-10)16-7-8-2-1-5-15-8/h1-6H,7H2,(H,13,14). The molecule has 0 aliphatic heterocycles. The lowest BCUT2D eigenvalue weighted by molar-refractivity contribution is 0.0690. The Morgan fingerprint density at radius 2 is 2.31 bits per heavy atom. The van der Waals surface area contributed by atoms with Crippen molar-refractivity contribution in [3.8, 4) is 0 Å². The Labute approximate surface area is 96.3 Å². The second kappa shape index (κ2) is 4.85. The normalized spacial score (nSPS) is 10.2. The van der Waals surface area contributed by atoms with Crippen LogP contribution in [0.3, 0.4) is 0 Å². The predicted molar refractivity (Wildman–Crippen MR) is 59.5 cm³/mol. The molecule has 0 atom stereocenters. The summed E-state index contributed by atoms with van der Waals surface area (Å²) >= 11 is 1.55. The summed E-state index contributed by atoms with van der Waals surface area (Å²) in [6.07, 6.45) is 3.18. The quantitative estimate of drug-likeness (QED) is 0.825. The van der Waals surface area contributed by atoms with Gasteiger partial charge in [0.15, 0.2) is 0 Å². The molecule has 0 fully saturated rings. The average Bonchev–Trinajstić information content (AvgIpc) is 2.80. The second-order valence-corrected chi connectivity index (χ2v) is 4.10. The van der Waals surface area contributed by atoms with E-state index in [9.17, 15) is 4.79 Å². The van der Waals surface area contributed by atoms with Crippen molar-refractivity contribution in [3.05, 3.63) is 48.2 Å². The van der Waals surface area contributed by atoms with E-state index in [0.29, 0.717) is 5.75 Å². The SMILES string of the molecule is O=C(O)c1ccc(SCc2ccco2)cn1. The van der Waals surface area contributed by atoms with Crippen molar-refractivity contribution in [2.75, 3.05) is 0 Å². The maximum absolute atomic E-state index is 10.6. The molecule has 5 heteroatoms. The summed E-state index contributed by atoms with van der Waals surface area (Å²) in [5, 5.41) is 8.67. The van der Waals surface area contributed by atoms with Crippen molar-refractivity contribution in [2.45, 2.75) is 10.6 Å². The van der Waals surface area contributed by atoms with Crippen LogP contribution in [0.5, 0.6) is 0 Å². The maximum atomic E-state index is 10.6. The van der Waals surface area contributed by atoms with Crippen LogP contribution in [-0.4, -0.2) is 16.1 Å². The largest absolute Gasteiger partial charge is 0.477 e. The highest BCUT2D eigenvalue weighted by Crippen LogP contribution is 2.22. The second-order valence-electron chi connectivity index (χ2n) is 3.05. The van der Waals surface area contributed by atoms with E-state index in [0.717, 1.165) is 10.7 Å². The minimum Gasteiger partial charge on any atom is -0.477 e. The van der Waals surface area contributed by atoms with E-state index in [1.807, 2.05) is 12.1 Å². The number of rotatable bonds is 4. The fourth-order valence-corrected chi connectivity index (χ4v) is 1.91. The van der Waals surface area contributed by atoms with Crippen LogP contribution < -0.4 is 0 Å². The van der Waals surface area contributed by atoms with Crippen LogP contribution in [-0.2, 0) is 5.75 Å². The van der Waals surface area contributed by atoms with Crippen LogP contribution in [0.25, 0.3) is 0 Å². The number of aromatic carboxylic acids is 1. The molecule has 0 unspecified atom stereocenters. The zero-order valence-electron chi connectivity index (χ0n) is 8.29. The highest BCUT2D eigenvalue weighted by Gasteiger charge is 2.04. The van der Waals surface area contributed by atoms with E-state index in [1.165, 1.54) is 6.07 Å². The molecule has 0 spiro atoms. The number of nitrogens with zero attached hydrogens (tertiary/aromatic N) is 1. The van der Waals surface area contributed by atoms with Crippen LogP contribution in [0.1, 0.15) is 16.2 Å². The minimum atomic E-state index is -1.01. The fraction of sp³-hybridized carbons (Fsp3) is 0.0909. The molecule has 0 saturated carbocycles. The van der Waals surface area contributed by atoms with E-state index in [1.54, 1.807) is 30.3 Å². The molecule has 2 aromatic heterocycles. The lowest BCUT2D eigenvalue weighted by Crippen LogP contribution is -1.98. The van der Waals surface area contributed by atoms with Crippen molar-refractivity contribution < 1.29 is 14.3 Å². The Morgan fingerprint density at radius 3 is 2.88 bits per heavy atom. The molecule has 4 nitrogen and oxygen atoms in total. The molecule has 1 N–H and O–H groups in total. The zero-order valence-corrected chi connectivity index (χ0v) is 9.11. The molecule has 2 heterocycles. The number of hydrogen-bond acceptors (Lipinski definition) is 4. The lowest BCUT2D eigenvalue weighted by atomic mass is 10.4. The summed E-state index contributed by atoms with van der Waals surface area (Å²) in [6.45, 7) is 0. The molecule has 0 aromatic carbocycles. The topological polar surface area (TPSA) is 63.3 Å². The molecule has 82 valence electrons. The van der Waals surface area contributed by atoms with Gasteiger partial charge in [-0.3, -0.25) is 0 Å². The van der Waals surface area contributed by atoms with Gasteiger partial charge in [-0.15, -0.1) is 11.8 Å². The van der Waals surface area contributed by atoms with Gasteiger partial charge >= 0.3 is 5.97 Å². The van der Waals surface area contributed by atoms with E-state index in [2.05, 4.69) is 4.98 Å². The van der Waals surface area contributed by atoms with Gasteiger partial charge in [0.2, 0.25) is 0 Å². The van der Waals surface area contributed by atoms with E-state index in [4.69, 9.17) is 9.52 Å². The van der Waals surface area contributed by atoms with Crippen molar-refractivity contribution in [3.63, 3.8) is 0 Å². The van der Waals surface area contributed by atoms with Gasteiger partial charge in [0.25, 0.3) is 0 Å². The number of carbonyl (C=O) groups is 1. The number of aromatic nitrogens is 1. The summed E-state index contributed by atoms with van der Waals surface area (Å²) < 4.78 is 5.18. The molecule has 0 saturated heterocycles. The summed E-state index contributed by atoms with van der Waals surface area (Å²) in [5.41, 5.74) is 0.0577. The van der Waals surface area contributed by atoms with Gasteiger partial charge in [0, 0.05) is 11.1 Å². The molecule has 0 aliphatic rings. The Balaban J connectivity index is 1.98. The number of hydrogen-bond donors (Lipinski definition) is 1. The number of pyridine rings is 1. The monoisotopic (exact) mass is 235 g/mol. The molecule has 0 bridgehead atoms. The van der Waals surface area contributed by atoms with E-state index in [-0.39, 0.29) is 5.69 Å². The van der Waals surface area contributed by atoms with Crippen LogP contribution in [0, 0.1) is 0 Å². The number of carboxylic acid groups (broad SMARTS) is 1. The van der Waals surface area contributed by atoms with Crippen molar-refractivity contribution in [1.29, 1.82) is 0 Å². The van der Waals surface area contributed by atoms with Crippen molar-refractivity contribution in [1.82, 2.24) is 4.98 Å². The van der Waals surface area contributed by atoms with Gasteiger partial charge in [-0.1, -0.05) is 0 Å². The number of thioether (sulfide) groups is 1. The van der Waals surface area contributed by atoms with Gasteiger partial charge < -0.3 is 9.52 Å². The zero-order chi connectivity index (χ0) is 11.4. The minimum absolute atomic E-state index is 0.0577.